The molecule has 0 unspecified atom stereocenters. The van der Waals surface area contributed by atoms with E-state index in [1.165, 1.54) is 19.6 Å². The summed E-state index contributed by atoms with van der Waals surface area (Å²) in [5.41, 5.74) is 1.56. The zero-order chi connectivity index (χ0) is 14.4. The zero-order valence-corrected chi connectivity index (χ0v) is 11.7. The van der Waals surface area contributed by atoms with Crippen LogP contribution in [-0.4, -0.2) is 29.9 Å². The van der Waals surface area contributed by atoms with Gasteiger partial charge in [-0.25, -0.2) is 4.79 Å². The van der Waals surface area contributed by atoms with Crippen LogP contribution in [0.1, 0.15) is 42.1 Å². The highest BCUT2D eigenvalue weighted by atomic mass is 16.5. The molecule has 106 valence electrons. The van der Waals surface area contributed by atoms with Gasteiger partial charge in [-0.3, -0.25) is 4.79 Å². The first-order chi connectivity index (χ1) is 9.66. The van der Waals surface area contributed by atoms with Crippen LogP contribution in [0.3, 0.4) is 0 Å². The van der Waals surface area contributed by atoms with E-state index in [9.17, 15) is 9.59 Å². The Labute approximate surface area is 119 Å². The number of nitrogens with zero attached hydrogens (tertiary/aromatic N) is 1. The van der Waals surface area contributed by atoms with E-state index in [4.69, 9.17) is 4.74 Å². The topological polar surface area (TPSA) is 46.6 Å². The van der Waals surface area contributed by atoms with Crippen LogP contribution in [0.2, 0.25) is 0 Å². The van der Waals surface area contributed by atoms with Gasteiger partial charge in [-0.15, -0.1) is 0 Å². The number of Topliss-reactive ketones (excluding diaryl/α,β-unsaturated/α-hetero) is 1. The molecule has 1 saturated heterocycles. The van der Waals surface area contributed by atoms with Crippen LogP contribution < -0.4 is 0 Å². The molecule has 0 radical (unpaired) electrons. The number of piperidine rings is 1. The van der Waals surface area contributed by atoms with Crippen molar-refractivity contribution < 1.29 is 14.3 Å². The van der Waals surface area contributed by atoms with Crippen LogP contribution in [0.5, 0.6) is 0 Å². The Morgan fingerprint density at radius 2 is 1.75 bits per heavy atom. The highest BCUT2D eigenvalue weighted by molar-refractivity contribution is 5.94. The highest BCUT2D eigenvalue weighted by Crippen LogP contribution is 2.11. The molecule has 0 N–H and O–H groups in total. The fourth-order valence-corrected chi connectivity index (χ4v) is 2.15. The van der Waals surface area contributed by atoms with Gasteiger partial charge >= 0.3 is 6.09 Å². The van der Waals surface area contributed by atoms with Gasteiger partial charge < -0.3 is 9.64 Å². The Balaban J connectivity index is 1.86. The molecule has 1 aromatic carbocycles. The molecule has 1 amide bonds. The normalized spacial score (nSPS) is 15.3. The molecule has 0 spiro atoms. The molecule has 20 heavy (non-hydrogen) atoms. The first-order valence-electron chi connectivity index (χ1n) is 6.90. The number of amides is 1. The van der Waals surface area contributed by atoms with Gasteiger partial charge in [0.2, 0.25) is 0 Å². The van der Waals surface area contributed by atoms with Crippen molar-refractivity contribution in [1.29, 1.82) is 0 Å². The van der Waals surface area contributed by atoms with Gasteiger partial charge in [0.25, 0.3) is 0 Å². The van der Waals surface area contributed by atoms with Gasteiger partial charge in [-0.1, -0.05) is 24.3 Å². The summed E-state index contributed by atoms with van der Waals surface area (Å²) in [6.45, 7) is 3.09. The molecule has 0 bridgehead atoms. The first-order valence-corrected chi connectivity index (χ1v) is 6.90. The van der Waals surface area contributed by atoms with Crippen molar-refractivity contribution in [2.24, 2.45) is 0 Å². The van der Waals surface area contributed by atoms with Gasteiger partial charge in [0.15, 0.2) is 5.78 Å². The van der Waals surface area contributed by atoms with Crippen LogP contribution in [0.25, 0.3) is 6.08 Å². The van der Waals surface area contributed by atoms with Crippen molar-refractivity contribution in [2.75, 3.05) is 13.1 Å². The van der Waals surface area contributed by atoms with Gasteiger partial charge in [0.1, 0.15) is 0 Å². The van der Waals surface area contributed by atoms with Gasteiger partial charge in [-0.05, 0) is 37.8 Å². The maximum absolute atomic E-state index is 11.7. The van der Waals surface area contributed by atoms with Crippen LogP contribution in [0.15, 0.2) is 30.5 Å². The standard InChI is InChI=1S/C16H19NO3/c1-13(18)15-7-5-14(6-8-15)9-12-20-16(19)17-10-3-2-4-11-17/h5-9,12H,2-4,10-11H2,1H3/b12-9+. The first kappa shape index (κ1) is 14.3. The minimum atomic E-state index is -0.290. The number of hydrogen-bond acceptors (Lipinski definition) is 3. The summed E-state index contributed by atoms with van der Waals surface area (Å²) >= 11 is 0. The lowest BCUT2D eigenvalue weighted by molar-refractivity contribution is 0.101. The molecule has 4 nitrogen and oxygen atoms in total. The molecule has 2 rings (SSSR count). The molecule has 1 fully saturated rings. The molecule has 0 aliphatic carbocycles. The molecule has 0 saturated carbocycles. The minimum absolute atomic E-state index is 0.0389. The average molecular weight is 273 g/mol. The molecule has 1 heterocycles. The van der Waals surface area contributed by atoms with Gasteiger partial charge in [-0.2, -0.15) is 0 Å². The highest BCUT2D eigenvalue weighted by Gasteiger charge is 2.16. The van der Waals surface area contributed by atoms with Crippen molar-refractivity contribution in [3.05, 3.63) is 41.7 Å². The lowest BCUT2D eigenvalue weighted by atomic mass is 10.1. The Bertz CT molecular complexity index is 499. The molecule has 1 aliphatic heterocycles. The number of benzene rings is 1. The second-order valence-electron chi connectivity index (χ2n) is 4.91. The van der Waals surface area contributed by atoms with Crippen molar-refractivity contribution in [3.8, 4) is 0 Å². The predicted molar refractivity (Wildman–Crippen MR) is 77.4 cm³/mol. The van der Waals surface area contributed by atoms with E-state index in [1.807, 2.05) is 12.1 Å². The molecule has 4 heteroatoms. The van der Waals surface area contributed by atoms with E-state index >= 15 is 0 Å². The summed E-state index contributed by atoms with van der Waals surface area (Å²) in [4.78, 5) is 24.6. The summed E-state index contributed by atoms with van der Waals surface area (Å²) in [6.07, 6.45) is 6.10. The van der Waals surface area contributed by atoms with Crippen LogP contribution in [0.4, 0.5) is 4.79 Å². The number of carbonyl (C=O) groups is 2. The number of hydrogen-bond donors (Lipinski definition) is 0. The third-order valence-electron chi connectivity index (χ3n) is 3.36. The number of likely N-dealkylation sites (tertiary alicyclic amines) is 1. The lowest BCUT2D eigenvalue weighted by Gasteiger charge is -2.24. The minimum Gasteiger partial charge on any atom is -0.418 e. The number of carbonyl (C=O) groups excluding carboxylic acids is 2. The fraction of sp³-hybridized carbons (Fsp3) is 0.375. The Morgan fingerprint density at radius 3 is 2.35 bits per heavy atom. The van der Waals surface area contributed by atoms with Gasteiger partial charge in [0, 0.05) is 18.7 Å². The second kappa shape index (κ2) is 6.89. The van der Waals surface area contributed by atoms with E-state index in [1.54, 1.807) is 23.1 Å². The summed E-state index contributed by atoms with van der Waals surface area (Å²) < 4.78 is 5.10. The van der Waals surface area contributed by atoms with Crippen LogP contribution in [-0.2, 0) is 4.74 Å². The third-order valence-corrected chi connectivity index (χ3v) is 3.36. The Kier molecular flexibility index (Phi) is 4.93. The van der Waals surface area contributed by atoms with E-state index in [-0.39, 0.29) is 11.9 Å². The van der Waals surface area contributed by atoms with Crippen LogP contribution >= 0.6 is 0 Å². The zero-order valence-electron chi connectivity index (χ0n) is 11.7. The van der Waals surface area contributed by atoms with E-state index in [2.05, 4.69) is 0 Å². The van der Waals surface area contributed by atoms with Crippen molar-refractivity contribution >= 4 is 18.0 Å². The summed E-state index contributed by atoms with van der Waals surface area (Å²) in [6, 6.07) is 7.16. The smallest absolute Gasteiger partial charge is 0.414 e. The van der Waals surface area contributed by atoms with E-state index < -0.39 is 0 Å². The lowest BCUT2D eigenvalue weighted by Crippen LogP contribution is -2.35. The Morgan fingerprint density at radius 1 is 1.10 bits per heavy atom. The summed E-state index contributed by atoms with van der Waals surface area (Å²) in [5.74, 6) is 0.0389. The molecule has 0 atom stereocenters. The molecule has 0 aromatic heterocycles. The quantitative estimate of drug-likeness (QED) is 0.625. The molecule has 1 aliphatic rings. The van der Waals surface area contributed by atoms with Gasteiger partial charge in [0.05, 0.1) is 6.26 Å². The van der Waals surface area contributed by atoms with Crippen LogP contribution in [0, 0.1) is 0 Å². The second-order valence-corrected chi connectivity index (χ2v) is 4.91. The molecular formula is C16H19NO3. The van der Waals surface area contributed by atoms with Crippen molar-refractivity contribution in [3.63, 3.8) is 0 Å². The molecule has 1 aromatic rings. The monoisotopic (exact) mass is 273 g/mol. The maximum atomic E-state index is 11.7. The summed E-state index contributed by atoms with van der Waals surface area (Å²) in [7, 11) is 0. The summed E-state index contributed by atoms with van der Waals surface area (Å²) in [5, 5.41) is 0. The number of ether oxygens (including phenoxy) is 1. The Hall–Kier alpha value is -2.10. The average Bonchev–Trinajstić information content (AvgIpc) is 2.48. The maximum Gasteiger partial charge on any atom is 0.414 e. The number of ketones is 1. The largest absolute Gasteiger partial charge is 0.418 e. The SMILES string of the molecule is CC(=O)c1ccc(/C=C/OC(=O)N2CCCCC2)cc1. The van der Waals surface area contributed by atoms with Crippen molar-refractivity contribution in [2.45, 2.75) is 26.2 Å². The predicted octanol–water partition coefficient (Wildman–Crippen LogP) is 3.48. The van der Waals surface area contributed by atoms with E-state index in [0.717, 1.165) is 31.5 Å². The number of rotatable bonds is 3. The van der Waals surface area contributed by atoms with Crippen molar-refractivity contribution in [1.82, 2.24) is 4.90 Å². The molecular weight excluding hydrogens is 254 g/mol. The van der Waals surface area contributed by atoms with E-state index in [0.29, 0.717) is 5.56 Å². The fourth-order valence-electron chi connectivity index (χ4n) is 2.15. The third kappa shape index (κ3) is 3.95.